The predicted molar refractivity (Wildman–Crippen MR) is 80.6 cm³/mol. The summed E-state index contributed by atoms with van der Waals surface area (Å²) in [7, 11) is 1.55. The van der Waals surface area contributed by atoms with Crippen LogP contribution >= 0.6 is 0 Å². The number of oxime groups is 1. The van der Waals surface area contributed by atoms with E-state index in [4.69, 9.17) is 15.7 Å². The van der Waals surface area contributed by atoms with Crippen molar-refractivity contribution in [2.45, 2.75) is 44.4 Å². The zero-order chi connectivity index (χ0) is 15.2. The molecule has 0 radical (unpaired) electrons. The summed E-state index contributed by atoms with van der Waals surface area (Å²) >= 11 is 0. The normalized spacial score (nSPS) is 23.0. The van der Waals surface area contributed by atoms with E-state index in [1.165, 1.54) is 0 Å². The average molecular weight is 293 g/mol. The van der Waals surface area contributed by atoms with Crippen LogP contribution in [0.1, 0.15) is 36.8 Å². The number of amidine groups is 1. The molecule has 6 heteroatoms. The van der Waals surface area contributed by atoms with E-state index >= 15 is 0 Å². The standard InChI is InChI=1S/C15H23N3O3/c1-21-14-8-10(6-7-11(14)15(16)18-20)9-17-12-4-2-3-5-13(12)19/h6-8,12-13,17,19-20H,2-5,9H2,1H3,(H2,16,18). The summed E-state index contributed by atoms with van der Waals surface area (Å²) < 4.78 is 5.27. The summed E-state index contributed by atoms with van der Waals surface area (Å²) in [6.07, 6.45) is 3.85. The summed E-state index contributed by atoms with van der Waals surface area (Å²) in [6.45, 7) is 0.647. The largest absolute Gasteiger partial charge is 0.496 e. The molecule has 0 saturated heterocycles. The first-order valence-electron chi connectivity index (χ1n) is 7.22. The lowest BCUT2D eigenvalue weighted by atomic mass is 9.92. The highest BCUT2D eigenvalue weighted by molar-refractivity contribution is 5.99. The van der Waals surface area contributed by atoms with Crippen LogP contribution in [-0.4, -0.2) is 35.4 Å². The Morgan fingerprint density at radius 1 is 1.43 bits per heavy atom. The van der Waals surface area contributed by atoms with Gasteiger partial charge in [-0.2, -0.15) is 0 Å². The van der Waals surface area contributed by atoms with Gasteiger partial charge in [0, 0.05) is 12.6 Å². The molecule has 1 aliphatic carbocycles. The molecular formula is C15H23N3O3. The second kappa shape index (κ2) is 7.28. The summed E-state index contributed by atoms with van der Waals surface area (Å²) in [5.41, 5.74) is 7.18. The van der Waals surface area contributed by atoms with Crippen molar-refractivity contribution in [1.82, 2.24) is 5.32 Å². The average Bonchev–Trinajstić information content (AvgIpc) is 2.53. The van der Waals surface area contributed by atoms with Crippen molar-refractivity contribution in [3.8, 4) is 5.75 Å². The van der Waals surface area contributed by atoms with E-state index in [0.29, 0.717) is 17.9 Å². The Morgan fingerprint density at radius 2 is 2.19 bits per heavy atom. The van der Waals surface area contributed by atoms with Crippen LogP contribution in [0, 0.1) is 0 Å². The van der Waals surface area contributed by atoms with Crippen LogP contribution in [0.15, 0.2) is 23.4 Å². The number of aliphatic hydroxyl groups excluding tert-OH is 1. The molecule has 21 heavy (non-hydrogen) atoms. The lowest BCUT2D eigenvalue weighted by molar-refractivity contribution is 0.0902. The molecule has 0 spiro atoms. The van der Waals surface area contributed by atoms with Gasteiger partial charge in [-0.05, 0) is 30.5 Å². The van der Waals surface area contributed by atoms with Crippen molar-refractivity contribution in [3.05, 3.63) is 29.3 Å². The zero-order valence-electron chi connectivity index (χ0n) is 12.2. The molecular weight excluding hydrogens is 270 g/mol. The summed E-state index contributed by atoms with van der Waals surface area (Å²) in [6, 6.07) is 5.67. The van der Waals surface area contributed by atoms with E-state index in [9.17, 15) is 5.11 Å². The highest BCUT2D eigenvalue weighted by Crippen LogP contribution is 2.22. The molecule has 0 aromatic heterocycles. The fraction of sp³-hybridized carbons (Fsp3) is 0.533. The number of hydrogen-bond acceptors (Lipinski definition) is 5. The second-order valence-corrected chi connectivity index (χ2v) is 5.36. The number of nitrogens with one attached hydrogen (secondary N) is 1. The van der Waals surface area contributed by atoms with Gasteiger partial charge >= 0.3 is 0 Å². The van der Waals surface area contributed by atoms with Gasteiger partial charge in [0.15, 0.2) is 5.84 Å². The van der Waals surface area contributed by atoms with Crippen LogP contribution in [0.3, 0.4) is 0 Å². The maximum absolute atomic E-state index is 9.95. The molecule has 0 heterocycles. The third-order valence-electron chi connectivity index (χ3n) is 3.95. The van der Waals surface area contributed by atoms with Crippen LogP contribution in [-0.2, 0) is 6.54 Å². The molecule has 1 fully saturated rings. The first kappa shape index (κ1) is 15.6. The molecule has 1 aromatic carbocycles. The molecule has 1 aromatic rings. The van der Waals surface area contributed by atoms with E-state index in [2.05, 4.69) is 10.5 Å². The van der Waals surface area contributed by atoms with Crippen molar-refractivity contribution < 1.29 is 15.1 Å². The van der Waals surface area contributed by atoms with Crippen LogP contribution in [0.5, 0.6) is 5.75 Å². The summed E-state index contributed by atoms with van der Waals surface area (Å²) in [5, 5.41) is 25.1. The smallest absolute Gasteiger partial charge is 0.173 e. The van der Waals surface area contributed by atoms with E-state index in [1.807, 2.05) is 12.1 Å². The minimum absolute atomic E-state index is 0.0223. The highest BCUT2D eigenvalue weighted by atomic mass is 16.5. The van der Waals surface area contributed by atoms with Crippen molar-refractivity contribution in [1.29, 1.82) is 0 Å². The van der Waals surface area contributed by atoms with E-state index in [1.54, 1.807) is 13.2 Å². The summed E-state index contributed by atoms with van der Waals surface area (Å²) in [4.78, 5) is 0. The van der Waals surface area contributed by atoms with E-state index in [0.717, 1.165) is 31.2 Å². The Bertz CT molecular complexity index is 505. The minimum Gasteiger partial charge on any atom is -0.496 e. The molecule has 2 rings (SSSR count). The highest BCUT2D eigenvalue weighted by Gasteiger charge is 2.22. The maximum atomic E-state index is 9.95. The fourth-order valence-corrected chi connectivity index (χ4v) is 2.71. The molecule has 2 atom stereocenters. The molecule has 5 N–H and O–H groups in total. The van der Waals surface area contributed by atoms with Gasteiger partial charge in [-0.25, -0.2) is 0 Å². The SMILES string of the molecule is COc1cc(CNC2CCCCC2O)ccc1/C(N)=N/O. The number of ether oxygens (including phenoxy) is 1. The molecule has 2 unspecified atom stereocenters. The Kier molecular flexibility index (Phi) is 5.41. The van der Waals surface area contributed by atoms with Gasteiger partial charge in [0.1, 0.15) is 5.75 Å². The van der Waals surface area contributed by atoms with Crippen LogP contribution in [0.25, 0.3) is 0 Å². The Balaban J connectivity index is 2.04. The predicted octanol–water partition coefficient (Wildman–Crippen LogP) is 1.18. The Hall–Kier alpha value is -1.79. The molecule has 0 aliphatic heterocycles. The van der Waals surface area contributed by atoms with Gasteiger partial charge in [-0.3, -0.25) is 0 Å². The maximum Gasteiger partial charge on any atom is 0.173 e. The van der Waals surface area contributed by atoms with Crippen molar-refractivity contribution in [2.75, 3.05) is 7.11 Å². The monoisotopic (exact) mass is 293 g/mol. The third kappa shape index (κ3) is 3.86. The van der Waals surface area contributed by atoms with Gasteiger partial charge in [0.25, 0.3) is 0 Å². The third-order valence-corrected chi connectivity index (χ3v) is 3.95. The van der Waals surface area contributed by atoms with Gasteiger partial charge in [0.2, 0.25) is 0 Å². The van der Waals surface area contributed by atoms with E-state index < -0.39 is 0 Å². The lowest BCUT2D eigenvalue weighted by Gasteiger charge is -2.28. The van der Waals surface area contributed by atoms with Gasteiger partial charge in [-0.1, -0.05) is 24.1 Å². The van der Waals surface area contributed by atoms with Crippen LogP contribution in [0.2, 0.25) is 0 Å². The number of methoxy groups -OCH3 is 1. The van der Waals surface area contributed by atoms with Crippen LogP contribution in [0.4, 0.5) is 0 Å². The molecule has 1 aliphatic rings. The quantitative estimate of drug-likeness (QED) is 0.283. The van der Waals surface area contributed by atoms with Crippen molar-refractivity contribution >= 4 is 5.84 Å². The number of hydrogen-bond donors (Lipinski definition) is 4. The fourth-order valence-electron chi connectivity index (χ4n) is 2.71. The topological polar surface area (TPSA) is 100 Å². The first-order valence-corrected chi connectivity index (χ1v) is 7.22. The Morgan fingerprint density at radius 3 is 2.86 bits per heavy atom. The van der Waals surface area contributed by atoms with Gasteiger partial charge < -0.3 is 26.1 Å². The lowest BCUT2D eigenvalue weighted by Crippen LogP contribution is -2.41. The number of aliphatic hydroxyl groups is 1. The number of nitrogens with two attached hydrogens (primary N) is 1. The summed E-state index contributed by atoms with van der Waals surface area (Å²) in [5.74, 6) is 0.586. The Labute approximate surface area is 124 Å². The second-order valence-electron chi connectivity index (χ2n) is 5.36. The van der Waals surface area contributed by atoms with Crippen LogP contribution < -0.4 is 15.8 Å². The molecule has 0 bridgehead atoms. The zero-order valence-corrected chi connectivity index (χ0v) is 12.2. The molecule has 116 valence electrons. The number of nitrogens with zero attached hydrogens (tertiary/aromatic N) is 1. The van der Waals surface area contributed by atoms with Gasteiger partial charge in [0.05, 0.1) is 18.8 Å². The number of rotatable bonds is 5. The first-order chi connectivity index (χ1) is 10.2. The number of benzene rings is 1. The van der Waals surface area contributed by atoms with E-state index in [-0.39, 0.29) is 18.0 Å². The molecule has 0 amide bonds. The van der Waals surface area contributed by atoms with Gasteiger partial charge in [-0.15, -0.1) is 0 Å². The molecule has 1 saturated carbocycles. The molecule has 6 nitrogen and oxygen atoms in total. The minimum atomic E-state index is -0.267. The van der Waals surface area contributed by atoms with Crippen molar-refractivity contribution in [3.63, 3.8) is 0 Å². The van der Waals surface area contributed by atoms with Crippen molar-refractivity contribution in [2.24, 2.45) is 10.9 Å².